The lowest BCUT2D eigenvalue weighted by atomic mass is 10.1. The van der Waals surface area contributed by atoms with Gasteiger partial charge in [0.25, 0.3) is 5.91 Å². The summed E-state index contributed by atoms with van der Waals surface area (Å²) >= 11 is 0. The summed E-state index contributed by atoms with van der Waals surface area (Å²) in [4.78, 5) is 34.6. The molecule has 15 heteroatoms. The van der Waals surface area contributed by atoms with Crippen LogP contribution in [0.25, 0.3) is 0 Å². The fourth-order valence-electron chi connectivity index (χ4n) is 4.98. The van der Waals surface area contributed by atoms with Crippen LogP contribution in [0.3, 0.4) is 0 Å². The third-order valence-electron chi connectivity index (χ3n) is 7.45. The number of nitrogens with one attached hydrogen (secondary N) is 1. The zero-order valence-electron chi connectivity index (χ0n) is 24.6. The van der Waals surface area contributed by atoms with Gasteiger partial charge in [-0.05, 0) is 31.8 Å². The highest BCUT2D eigenvalue weighted by atomic mass is 19.2. The van der Waals surface area contributed by atoms with Crippen molar-refractivity contribution in [2.75, 3.05) is 27.3 Å². The second-order valence-corrected chi connectivity index (χ2v) is 10.7. The van der Waals surface area contributed by atoms with Crippen molar-refractivity contribution in [3.05, 3.63) is 107 Å². The average Bonchev–Trinajstić information content (AvgIpc) is 3.85. The third-order valence-corrected chi connectivity index (χ3v) is 7.45. The molecular formula is C31H29F5N4O6. The molecule has 10 nitrogen and oxygen atoms in total. The van der Waals surface area contributed by atoms with E-state index < -0.39 is 59.2 Å². The summed E-state index contributed by atoms with van der Waals surface area (Å²) < 4.78 is 91.0. The number of oxazole rings is 1. The lowest BCUT2D eigenvalue weighted by molar-refractivity contribution is -0.137. The Kier molecular flexibility index (Phi) is 10.1. The maximum absolute atomic E-state index is 14.3. The van der Waals surface area contributed by atoms with Gasteiger partial charge in [0.05, 0.1) is 44.5 Å². The molecule has 0 saturated carbocycles. The molecule has 3 unspecified atom stereocenters. The second-order valence-electron chi connectivity index (χ2n) is 10.7. The first-order valence-corrected chi connectivity index (χ1v) is 14.1. The topological polar surface area (TPSA) is 110 Å². The van der Waals surface area contributed by atoms with E-state index in [1.165, 1.54) is 6.26 Å². The predicted octanol–water partition coefficient (Wildman–Crippen LogP) is 4.24. The molecule has 4 aromatic rings. The van der Waals surface area contributed by atoms with Crippen molar-refractivity contribution in [2.45, 2.75) is 37.6 Å². The smallest absolute Gasteiger partial charge is 0.329 e. The van der Waals surface area contributed by atoms with Crippen LogP contribution in [0.2, 0.25) is 0 Å². The number of nitrogens with zero attached hydrogens (tertiary/aromatic N) is 3. The SMILES string of the molecule is CN(C)C1COCC1N(Cc1ccco1)C(=O)c1coc(CC(NCc2ccccc2)C(=O)Oc2c(F)c(F)c(F)c(F)c2F)n1. The Morgan fingerprint density at radius 1 is 0.935 bits per heavy atom. The summed E-state index contributed by atoms with van der Waals surface area (Å²) in [5.74, 6) is -14.8. The van der Waals surface area contributed by atoms with Crippen LogP contribution in [0.4, 0.5) is 22.0 Å². The van der Waals surface area contributed by atoms with Gasteiger partial charge in [-0.2, -0.15) is 8.78 Å². The molecule has 1 aliphatic heterocycles. The molecule has 1 fully saturated rings. The van der Waals surface area contributed by atoms with Gasteiger partial charge in [-0.25, -0.2) is 22.9 Å². The van der Waals surface area contributed by atoms with E-state index in [4.69, 9.17) is 18.3 Å². The fourth-order valence-corrected chi connectivity index (χ4v) is 4.98. The Morgan fingerprint density at radius 2 is 1.61 bits per heavy atom. The molecule has 1 aliphatic rings. The van der Waals surface area contributed by atoms with Gasteiger partial charge in [0.2, 0.25) is 34.8 Å². The van der Waals surface area contributed by atoms with Gasteiger partial charge < -0.3 is 28.1 Å². The Morgan fingerprint density at radius 3 is 2.26 bits per heavy atom. The van der Waals surface area contributed by atoms with Crippen molar-refractivity contribution in [1.29, 1.82) is 0 Å². The number of carbonyl (C=O) groups excluding carboxylic acids is 2. The van der Waals surface area contributed by atoms with Crippen LogP contribution in [0, 0.1) is 29.1 Å². The van der Waals surface area contributed by atoms with Crippen LogP contribution in [-0.2, 0) is 29.0 Å². The largest absolute Gasteiger partial charge is 0.467 e. The van der Waals surface area contributed by atoms with Gasteiger partial charge in [0, 0.05) is 6.54 Å². The number of hydrogen-bond acceptors (Lipinski definition) is 9. The van der Waals surface area contributed by atoms with Crippen LogP contribution in [0.1, 0.15) is 27.7 Å². The van der Waals surface area contributed by atoms with E-state index in [1.54, 1.807) is 47.4 Å². The normalized spacial score (nSPS) is 17.0. The first kappa shape index (κ1) is 32.8. The average molecular weight is 649 g/mol. The van der Waals surface area contributed by atoms with Crippen LogP contribution < -0.4 is 10.1 Å². The van der Waals surface area contributed by atoms with E-state index in [0.29, 0.717) is 17.9 Å². The van der Waals surface area contributed by atoms with E-state index in [2.05, 4.69) is 10.3 Å². The van der Waals surface area contributed by atoms with E-state index in [9.17, 15) is 31.5 Å². The van der Waals surface area contributed by atoms with Crippen LogP contribution in [0.15, 0.2) is 63.8 Å². The number of hydrogen-bond donors (Lipinski definition) is 1. The minimum absolute atomic E-state index is 0.0364. The number of aromatic nitrogens is 1. The lowest BCUT2D eigenvalue weighted by Gasteiger charge is -2.33. The summed E-state index contributed by atoms with van der Waals surface area (Å²) in [5.41, 5.74) is 0.587. The highest BCUT2D eigenvalue weighted by molar-refractivity contribution is 5.92. The molecule has 0 radical (unpaired) electrons. The number of likely N-dealkylation sites (N-methyl/N-ethyl adjacent to an activating group) is 1. The quantitative estimate of drug-likeness (QED) is 0.0794. The van der Waals surface area contributed by atoms with E-state index in [1.807, 2.05) is 19.0 Å². The molecule has 3 heterocycles. The molecule has 0 spiro atoms. The first-order chi connectivity index (χ1) is 22.0. The fraction of sp³-hybridized carbons (Fsp3) is 0.323. The highest BCUT2D eigenvalue weighted by Gasteiger charge is 2.39. The molecule has 244 valence electrons. The Bertz CT molecular complexity index is 1640. The minimum atomic E-state index is -2.40. The van der Waals surface area contributed by atoms with Crippen molar-refractivity contribution in [2.24, 2.45) is 0 Å². The Hall–Kier alpha value is -4.60. The van der Waals surface area contributed by atoms with Crippen LogP contribution in [0.5, 0.6) is 5.75 Å². The molecule has 46 heavy (non-hydrogen) atoms. The number of ether oxygens (including phenoxy) is 2. The standard InChI is InChI=1S/C31H29F5N4O6/c1-39(2)21-15-43-16-22(21)40(13-18-9-6-10-44-18)30(41)20-14-45-23(38-20)11-19(37-12-17-7-4-3-5-8-17)31(42)46-29-27(35)25(33)24(32)26(34)28(29)36/h3-10,14,19,21-22,37H,11-13,15-16H2,1-2H3. The molecular weight excluding hydrogens is 619 g/mol. The van der Waals surface area contributed by atoms with Crippen molar-refractivity contribution >= 4 is 11.9 Å². The molecule has 3 atom stereocenters. The van der Waals surface area contributed by atoms with Crippen molar-refractivity contribution in [3.8, 4) is 5.75 Å². The van der Waals surface area contributed by atoms with Gasteiger partial charge in [0.1, 0.15) is 18.1 Å². The van der Waals surface area contributed by atoms with Crippen molar-refractivity contribution in [3.63, 3.8) is 0 Å². The molecule has 1 N–H and O–H groups in total. The molecule has 2 aromatic carbocycles. The second kappa shape index (κ2) is 14.2. The lowest BCUT2D eigenvalue weighted by Crippen LogP contribution is -2.51. The van der Waals surface area contributed by atoms with Crippen LogP contribution >= 0.6 is 0 Å². The summed E-state index contributed by atoms with van der Waals surface area (Å²) in [5, 5.41) is 2.83. The molecule has 1 amide bonds. The third kappa shape index (κ3) is 7.11. The zero-order valence-corrected chi connectivity index (χ0v) is 24.6. The molecule has 5 rings (SSSR count). The summed E-state index contributed by atoms with van der Waals surface area (Å²) in [6.45, 7) is 0.787. The number of halogens is 5. The summed E-state index contributed by atoms with van der Waals surface area (Å²) in [6, 6.07) is 10.1. The Balaban J connectivity index is 1.39. The number of esters is 1. The summed E-state index contributed by atoms with van der Waals surface area (Å²) in [6.07, 6.45) is 2.16. The molecule has 2 aromatic heterocycles. The number of carbonyl (C=O) groups is 2. The van der Waals surface area contributed by atoms with Gasteiger partial charge in [-0.1, -0.05) is 30.3 Å². The molecule has 0 aliphatic carbocycles. The maximum Gasteiger partial charge on any atom is 0.329 e. The van der Waals surface area contributed by atoms with Gasteiger partial charge in [-0.15, -0.1) is 0 Å². The zero-order chi connectivity index (χ0) is 33.0. The first-order valence-electron chi connectivity index (χ1n) is 14.1. The number of rotatable bonds is 12. The molecule has 1 saturated heterocycles. The number of benzene rings is 2. The van der Waals surface area contributed by atoms with E-state index in [-0.39, 0.29) is 43.4 Å². The highest BCUT2D eigenvalue weighted by Crippen LogP contribution is 2.30. The summed E-state index contributed by atoms with van der Waals surface area (Å²) in [7, 11) is 3.73. The van der Waals surface area contributed by atoms with Crippen LogP contribution in [-0.4, -0.2) is 72.1 Å². The number of amides is 1. The minimum Gasteiger partial charge on any atom is -0.467 e. The molecule has 0 bridgehead atoms. The van der Waals surface area contributed by atoms with Gasteiger partial charge in [-0.3, -0.25) is 10.1 Å². The van der Waals surface area contributed by atoms with Crippen molar-refractivity contribution < 1.29 is 49.8 Å². The Labute approximate surface area is 259 Å². The van der Waals surface area contributed by atoms with Crippen molar-refractivity contribution in [1.82, 2.24) is 20.1 Å². The van der Waals surface area contributed by atoms with E-state index in [0.717, 1.165) is 6.26 Å². The maximum atomic E-state index is 14.3. The van der Waals surface area contributed by atoms with Gasteiger partial charge >= 0.3 is 5.97 Å². The monoisotopic (exact) mass is 648 g/mol. The predicted molar refractivity (Wildman–Crippen MR) is 150 cm³/mol. The number of furan rings is 1. The van der Waals surface area contributed by atoms with E-state index >= 15 is 0 Å². The van der Waals surface area contributed by atoms with Gasteiger partial charge in [0.15, 0.2) is 11.6 Å².